The highest BCUT2D eigenvalue weighted by atomic mass is 16.3. The third-order valence-electron chi connectivity index (χ3n) is 11.9. The van der Waals surface area contributed by atoms with Gasteiger partial charge >= 0.3 is 0 Å². The largest absolute Gasteiger partial charge is 0.394 e. The van der Waals surface area contributed by atoms with Gasteiger partial charge in [0.15, 0.2) is 0 Å². The predicted molar refractivity (Wildman–Crippen MR) is 241 cm³/mol. The van der Waals surface area contributed by atoms with Gasteiger partial charge in [-0.1, -0.05) is 251 Å². The van der Waals surface area contributed by atoms with Crippen molar-refractivity contribution in [2.24, 2.45) is 0 Å². The van der Waals surface area contributed by atoms with Crippen molar-refractivity contribution in [1.29, 1.82) is 0 Å². The third kappa shape index (κ3) is 41.1. The third-order valence-corrected chi connectivity index (χ3v) is 11.9. The van der Waals surface area contributed by atoms with Crippen LogP contribution in [0.4, 0.5) is 0 Å². The lowest BCUT2D eigenvalue weighted by atomic mass is 10.0. The first kappa shape index (κ1) is 54.1. The average Bonchev–Trinajstić information content (AvgIpc) is 3.19. The first-order chi connectivity index (χ1) is 27.1. The maximum atomic E-state index is 12.5. The molecule has 0 aliphatic carbocycles. The van der Waals surface area contributed by atoms with Crippen LogP contribution in [0.5, 0.6) is 0 Å². The zero-order chi connectivity index (χ0) is 40.1. The first-order valence-electron chi connectivity index (χ1n) is 25.0. The van der Waals surface area contributed by atoms with Crippen LogP contribution in [0.1, 0.15) is 277 Å². The molecule has 3 atom stereocenters. The number of hydrogen-bond donors (Lipinski definition) is 4. The van der Waals surface area contributed by atoms with Crippen LogP contribution in [0.2, 0.25) is 0 Å². The molecular formula is C50H99NO4. The van der Waals surface area contributed by atoms with Crippen LogP contribution >= 0.6 is 0 Å². The quantitative estimate of drug-likeness (QED) is 0.0366. The molecule has 0 aromatic rings. The molecule has 0 radical (unpaired) electrons. The lowest BCUT2D eigenvalue weighted by Crippen LogP contribution is -2.49. The normalized spacial score (nSPS) is 13.5. The van der Waals surface area contributed by atoms with Gasteiger partial charge in [-0.3, -0.25) is 4.79 Å². The van der Waals surface area contributed by atoms with E-state index < -0.39 is 24.2 Å². The monoisotopic (exact) mass is 778 g/mol. The minimum absolute atomic E-state index is 0.312. The Labute approximate surface area is 344 Å². The van der Waals surface area contributed by atoms with E-state index in [2.05, 4.69) is 31.3 Å². The van der Waals surface area contributed by atoms with Gasteiger partial charge in [-0.25, -0.2) is 0 Å². The fraction of sp³-hybridized carbons (Fsp3) is 0.940. The molecule has 0 aliphatic heterocycles. The van der Waals surface area contributed by atoms with Crippen LogP contribution < -0.4 is 5.32 Å². The molecule has 5 heteroatoms. The molecule has 0 saturated carbocycles. The molecular weight excluding hydrogens is 679 g/mol. The van der Waals surface area contributed by atoms with E-state index in [4.69, 9.17) is 0 Å². The van der Waals surface area contributed by atoms with E-state index in [-0.39, 0.29) is 6.61 Å². The highest BCUT2D eigenvalue weighted by molar-refractivity contribution is 5.80. The number of hydrogen-bond acceptors (Lipinski definition) is 4. The van der Waals surface area contributed by atoms with E-state index in [1.54, 1.807) is 0 Å². The summed E-state index contributed by atoms with van der Waals surface area (Å²) in [5.74, 6) is -0.472. The van der Waals surface area contributed by atoms with Crippen LogP contribution in [0.3, 0.4) is 0 Å². The highest BCUT2D eigenvalue weighted by Gasteiger charge is 2.23. The zero-order valence-corrected chi connectivity index (χ0v) is 37.3. The number of amides is 1. The van der Waals surface area contributed by atoms with Gasteiger partial charge in [0.1, 0.15) is 6.10 Å². The lowest BCUT2D eigenvalue weighted by Gasteiger charge is -2.23. The molecule has 0 saturated heterocycles. The van der Waals surface area contributed by atoms with E-state index in [0.717, 1.165) is 32.1 Å². The van der Waals surface area contributed by atoms with Crippen molar-refractivity contribution in [3.05, 3.63) is 12.2 Å². The Hall–Kier alpha value is -0.910. The molecule has 0 heterocycles. The van der Waals surface area contributed by atoms with Crippen molar-refractivity contribution in [3.63, 3.8) is 0 Å². The Bertz CT molecular complexity index is 773. The fourth-order valence-electron chi connectivity index (χ4n) is 7.95. The Morgan fingerprint density at radius 1 is 0.418 bits per heavy atom. The van der Waals surface area contributed by atoms with Crippen molar-refractivity contribution in [1.82, 2.24) is 5.32 Å². The van der Waals surface area contributed by atoms with Gasteiger partial charge in [0.25, 0.3) is 0 Å². The van der Waals surface area contributed by atoms with Gasteiger partial charge in [0, 0.05) is 0 Å². The first-order valence-corrected chi connectivity index (χ1v) is 25.0. The van der Waals surface area contributed by atoms with E-state index >= 15 is 0 Å². The summed E-state index contributed by atoms with van der Waals surface area (Å²) in [4.78, 5) is 12.5. The molecule has 3 unspecified atom stereocenters. The molecule has 0 aromatic heterocycles. The summed E-state index contributed by atoms with van der Waals surface area (Å²) in [7, 11) is 0. The molecule has 0 fully saturated rings. The number of allylic oxidation sites excluding steroid dienone is 2. The Kier molecular flexibility index (Phi) is 45.0. The number of carbonyl (C=O) groups excluding carboxylic acids is 1. The molecule has 0 aliphatic rings. The molecule has 0 rings (SSSR count). The van der Waals surface area contributed by atoms with Gasteiger partial charge in [-0.05, 0) is 38.5 Å². The van der Waals surface area contributed by atoms with Crippen molar-refractivity contribution in [2.75, 3.05) is 6.61 Å². The van der Waals surface area contributed by atoms with Gasteiger partial charge in [-0.2, -0.15) is 0 Å². The number of nitrogens with one attached hydrogen (secondary N) is 1. The van der Waals surface area contributed by atoms with Crippen molar-refractivity contribution < 1.29 is 20.1 Å². The van der Waals surface area contributed by atoms with Crippen LogP contribution in [0.15, 0.2) is 12.2 Å². The molecule has 5 nitrogen and oxygen atoms in total. The van der Waals surface area contributed by atoms with Crippen LogP contribution in [-0.2, 0) is 4.79 Å². The second-order valence-electron chi connectivity index (χ2n) is 17.4. The van der Waals surface area contributed by atoms with Crippen molar-refractivity contribution in [2.45, 2.75) is 295 Å². The summed E-state index contributed by atoms with van der Waals surface area (Å²) in [6, 6.07) is -0.712. The molecule has 0 bridgehead atoms. The number of unbranched alkanes of at least 4 members (excludes halogenated alkanes) is 36. The summed E-state index contributed by atoms with van der Waals surface area (Å²) in [5, 5.41) is 33.4. The van der Waals surface area contributed by atoms with Crippen molar-refractivity contribution in [3.8, 4) is 0 Å². The Morgan fingerprint density at radius 3 is 1.00 bits per heavy atom. The van der Waals surface area contributed by atoms with Gasteiger partial charge in [0.2, 0.25) is 5.91 Å². The topological polar surface area (TPSA) is 89.8 Å². The highest BCUT2D eigenvalue weighted by Crippen LogP contribution is 2.17. The minimum Gasteiger partial charge on any atom is -0.394 e. The molecule has 328 valence electrons. The number of carbonyl (C=O) groups is 1. The molecule has 0 aromatic carbocycles. The molecule has 0 spiro atoms. The van der Waals surface area contributed by atoms with Gasteiger partial charge in [-0.15, -0.1) is 0 Å². The maximum absolute atomic E-state index is 12.5. The average molecular weight is 778 g/mol. The van der Waals surface area contributed by atoms with Crippen molar-refractivity contribution >= 4 is 5.91 Å². The zero-order valence-electron chi connectivity index (χ0n) is 37.3. The molecule has 1 amide bonds. The summed E-state index contributed by atoms with van der Waals surface area (Å²) in [6.45, 7) is 4.25. The standard InChI is InChI=1S/C50H99NO4/c1-3-5-7-9-11-13-15-17-19-21-22-23-24-25-26-27-28-29-31-32-34-36-38-40-42-44-48(53)47(46-52)51-50(55)49(54)45-43-41-39-37-35-33-30-20-18-16-14-12-10-8-6-4-2/h18,20,47-49,52-54H,3-17,19,21-46H2,1-2H3,(H,51,55)/b20-18-. The summed E-state index contributed by atoms with van der Waals surface area (Å²) >= 11 is 0. The van der Waals surface area contributed by atoms with Crippen LogP contribution in [0, 0.1) is 0 Å². The SMILES string of the molecule is CCCCCCCC/C=C\CCCCCCCCC(O)C(=O)NC(CO)C(O)CCCCCCCCCCCCCCCCCCCCCCCCCCC. The Balaban J connectivity index is 3.54. The minimum atomic E-state index is -1.08. The number of rotatable bonds is 46. The van der Waals surface area contributed by atoms with E-state index in [0.29, 0.717) is 12.8 Å². The summed E-state index contributed by atoms with van der Waals surface area (Å²) < 4.78 is 0. The van der Waals surface area contributed by atoms with Crippen LogP contribution in [-0.4, -0.2) is 46.1 Å². The van der Waals surface area contributed by atoms with Crippen LogP contribution in [0.25, 0.3) is 0 Å². The molecule has 4 N–H and O–H groups in total. The fourth-order valence-corrected chi connectivity index (χ4v) is 7.95. The lowest BCUT2D eigenvalue weighted by molar-refractivity contribution is -0.131. The predicted octanol–water partition coefficient (Wildman–Crippen LogP) is 14.8. The van der Waals surface area contributed by atoms with E-state index in [1.807, 2.05) is 0 Å². The smallest absolute Gasteiger partial charge is 0.249 e. The van der Waals surface area contributed by atoms with E-state index in [1.165, 1.54) is 218 Å². The number of aliphatic hydroxyl groups is 3. The van der Waals surface area contributed by atoms with E-state index in [9.17, 15) is 20.1 Å². The van der Waals surface area contributed by atoms with Gasteiger partial charge < -0.3 is 20.6 Å². The second-order valence-corrected chi connectivity index (χ2v) is 17.4. The van der Waals surface area contributed by atoms with Gasteiger partial charge in [0.05, 0.1) is 18.8 Å². The number of aliphatic hydroxyl groups excluding tert-OH is 3. The second kappa shape index (κ2) is 45.8. The maximum Gasteiger partial charge on any atom is 0.249 e. The Morgan fingerprint density at radius 2 is 0.691 bits per heavy atom. The summed E-state index contributed by atoms with van der Waals surface area (Å²) in [5.41, 5.74) is 0. The summed E-state index contributed by atoms with van der Waals surface area (Å²) in [6.07, 6.45) is 55.2. The molecule has 55 heavy (non-hydrogen) atoms.